The van der Waals surface area contributed by atoms with Gasteiger partial charge in [-0.1, -0.05) is 38.0 Å². The summed E-state index contributed by atoms with van der Waals surface area (Å²) in [4.78, 5) is 16.4. The number of amides is 1. The van der Waals surface area contributed by atoms with Gasteiger partial charge in [0.25, 0.3) is 0 Å². The maximum atomic E-state index is 13.0. The van der Waals surface area contributed by atoms with Crippen LogP contribution in [-0.4, -0.2) is 67.3 Å². The van der Waals surface area contributed by atoms with Gasteiger partial charge in [0, 0.05) is 39.2 Å². The lowest BCUT2D eigenvalue weighted by atomic mass is 10.0. The molecular formula is C19H29F3N2O2. The number of carbonyl (C=O) groups is 1. The average molecular weight is 374 g/mol. The van der Waals surface area contributed by atoms with Crippen molar-refractivity contribution in [1.29, 1.82) is 0 Å². The van der Waals surface area contributed by atoms with E-state index in [-0.39, 0.29) is 18.0 Å². The number of unbranched alkanes of at least 4 members (excludes halogenated alkanes) is 1. The molecule has 0 aromatic carbocycles. The molecule has 26 heavy (non-hydrogen) atoms. The maximum absolute atomic E-state index is 13.0. The molecule has 1 heterocycles. The molecule has 0 N–H and O–H groups in total. The minimum Gasteiger partial charge on any atom is -0.383 e. The number of hydrogen-bond donors (Lipinski definition) is 0. The number of halogens is 3. The maximum Gasteiger partial charge on any atom is 0.416 e. The third kappa shape index (κ3) is 5.58. The Morgan fingerprint density at radius 1 is 1.31 bits per heavy atom. The van der Waals surface area contributed by atoms with E-state index < -0.39 is 11.7 Å². The number of methoxy groups -OCH3 is 1. The smallest absolute Gasteiger partial charge is 0.383 e. The summed E-state index contributed by atoms with van der Waals surface area (Å²) in [6.07, 6.45) is 3.53. The highest BCUT2D eigenvalue weighted by atomic mass is 19.4. The second kappa shape index (κ2) is 9.55. The standard InChI is InChI=1S/C19H29F3N2O2/c1-3-4-7-17(14-26-2)24-12-11-23(10-9-18(24)25)16-8-5-6-15(13-16)19(20,21)22/h5-6,13,16-17H,3-4,7-12,14H2,1-2H3. The number of alkyl halides is 3. The van der Waals surface area contributed by atoms with Gasteiger partial charge < -0.3 is 9.64 Å². The fourth-order valence-electron chi connectivity index (χ4n) is 3.64. The third-order valence-electron chi connectivity index (χ3n) is 5.10. The van der Waals surface area contributed by atoms with Gasteiger partial charge in [0.15, 0.2) is 0 Å². The quantitative estimate of drug-likeness (QED) is 0.683. The Kier molecular flexibility index (Phi) is 7.70. The monoisotopic (exact) mass is 374 g/mol. The summed E-state index contributed by atoms with van der Waals surface area (Å²) in [7, 11) is 1.63. The Morgan fingerprint density at radius 2 is 2.08 bits per heavy atom. The highest BCUT2D eigenvalue weighted by Gasteiger charge is 2.35. The van der Waals surface area contributed by atoms with E-state index in [9.17, 15) is 18.0 Å². The average Bonchev–Trinajstić information content (AvgIpc) is 2.80. The Morgan fingerprint density at radius 3 is 2.73 bits per heavy atom. The van der Waals surface area contributed by atoms with Crippen molar-refractivity contribution in [3.8, 4) is 0 Å². The van der Waals surface area contributed by atoms with Gasteiger partial charge in [-0.2, -0.15) is 13.2 Å². The van der Waals surface area contributed by atoms with Crippen LogP contribution in [0, 0.1) is 0 Å². The largest absolute Gasteiger partial charge is 0.416 e. The number of nitrogens with zero attached hydrogens (tertiary/aromatic N) is 2. The normalized spacial score (nSPS) is 23.7. The van der Waals surface area contributed by atoms with E-state index >= 15 is 0 Å². The van der Waals surface area contributed by atoms with E-state index in [0.29, 0.717) is 39.1 Å². The van der Waals surface area contributed by atoms with E-state index in [1.54, 1.807) is 13.2 Å². The second-order valence-electron chi connectivity index (χ2n) is 6.95. The SMILES string of the molecule is CCCCC(COC)N1CCN(C2C=C(C(F)(F)F)C=CC2)CCC1=O. The molecule has 0 aromatic rings. The Balaban J connectivity index is 2.05. The molecule has 2 aliphatic rings. The Labute approximate surface area is 153 Å². The van der Waals surface area contributed by atoms with Crippen LogP contribution in [0.5, 0.6) is 0 Å². The van der Waals surface area contributed by atoms with Crippen LogP contribution in [0.1, 0.15) is 39.0 Å². The molecule has 0 bridgehead atoms. The summed E-state index contributed by atoms with van der Waals surface area (Å²) < 4.78 is 44.2. The summed E-state index contributed by atoms with van der Waals surface area (Å²) in [6.45, 7) is 4.21. The van der Waals surface area contributed by atoms with Crippen LogP contribution in [0.3, 0.4) is 0 Å². The first-order chi connectivity index (χ1) is 12.4. The zero-order valence-electron chi connectivity index (χ0n) is 15.6. The van der Waals surface area contributed by atoms with Gasteiger partial charge in [-0.05, 0) is 12.8 Å². The molecule has 0 spiro atoms. The second-order valence-corrected chi connectivity index (χ2v) is 6.95. The van der Waals surface area contributed by atoms with Crippen LogP contribution < -0.4 is 0 Å². The molecule has 1 aliphatic heterocycles. The van der Waals surface area contributed by atoms with Crippen molar-refractivity contribution < 1.29 is 22.7 Å². The lowest BCUT2D eigenvalue weighted by Crippen LogP contribution is -2.44. The minimum absolute atomic E-state index is 0.0416. The van der Waals surface area contributed by atoms with Crippen molar-refractivity contribution in [2.45, 2.75) is 57.3 Å². The van der Waals surface area contributed by atoms with E-state index in [1.807, 2.05) is 9.80 Å². The van der Waals surface area contributed by atoms with E-state index in [0.717, 1.165) is 25.3 Å². The van der Waals surface area contributed by atoms with Gasteiger partial charge in [0.1, 0.15) is 0 Å². The molecule has 2 unspecified atom stereocenters. The van der Waals surface area contributed by atoms with E-state index in [2.05, 4.69) is 6.92 Å². The van der Waals surface area contributed by atoms with Gasteiger partial charge in [-0.25, -0.2) is 0 Å². The molecule has 0 saturated carbocycles. The predicted octanol–water partition coefficient (Wildman–Crippen LogP) is 3.54. The number of hydrogen-bond acceptors (Lipinski definition) is 3. The number of allylic oxidation sites excluding steroid dienone is 2. The Hall–Kier alpha value is -1.34. The summed E-state index contributed by atoms with van der Waals surface area (Å²) in [5.41, 5.74) is -0.596. The fourth-order valence-corrected chi connectivity index (χ4v) is 3.64. The van der Waals surface area contributed by atoms with Crippen LogP contribution in [0.25, 0.3) is 0 Å². The first-order valence-electron chi connectivity index (χ1n) is 9.34. The molecule has 2 atom stereocenters. The highest BCUT2D eigenvalue weighted by molar-refractivity contribution is 5.77. The summed E-state index contributed by atoms with van der Waals surface area (Å²) >= 11 is 0. The predicted molar refractivity (Wildman–Crippen MR) is 94.8 cm³/mol. The lowest BCUT2D eigenvalue weighted by Gasteiger charge is -2.32. The molecule has 4 nitrogen and oxygen atoms in total. The van der Waals surface area contributed by atoms with E-state index in [4.69, 9.17) is 4.74 Å². The molecule has 1 aliphatic carbocycles. The summed E-state index contributed by atoms with van der Waals surface area (Å²) in [5.74, 6) is 0.0667. The van der Waals surface area contributed by atoms with Gasteiger partial charge in [-0.15, -0.1) is 0 Å². The molecule has 7 heteroatoms. The molecule has 1 amide bonds. The zero-order valence-corrected chi connectivity index (χ0v) is 15.6. The topological polar surface area (TPSA) is 32.8 Å². The number of ether oxygens (including phenoxy) is 1. The molecular weight excluding hydrogens is 345 g/mol. The molecule has 1 fully saturated rings. The fraction of sp³-hybridized carbons (Fsp3) is 0.737. The van der Waals surface area contributed by atoms with Crippen molar-refractivity contribution in [2.24, 2.45) is 0 Å². The first kappa shape index (κ1) is 21.0. The minimum atomic E-state index is -4.33. The summed E-state index contributed by atoms with van der Waals surface area (Å²) in [6, 6.07) is -0.263. The van der Waals surface area contributed by atoms with Crippen molar-refractivity contribution in [3.05, 3.63) is 23.8 Å². The van der Waals surface area contributed by atoms with Crippen molar-refractivity contribution in [2.75, 3.05) is 33.4 Å². The van der Waals surface area contributed by atoms with Crippen LogP contribution in [0.4, 0.5) is 13.2 Å². The zero-order chi connectivity index (χ0) is 19.2. The third-order valence-corrected chi connectivity index (χ3v) is 5.10. The summed E-state index contributed by atoms with van der Waals surface area (Å²) in [5, 5.41) is 0. The lowest BCUT2D eigenvalue weighted by molar-refractivity contribution is -0.134. The van der Waals surface area contributed by atoms with Crippen molar-refractivity contribution in [1.82, 2.24) is 9.80 Å². The van der Waals surface area contributed by atoms with Gasteiger partial charge >= 0.3 is 6.18 Å². The van der Waals surface area contributed by atoms with E-state index in [1.165, 1.54) is 6.08 Å². The molecule has 1 saturated heterocycles. The van der Waals surface area contributed by atoms with Crippen LogP contribution >= 0.6 is 0 Å². The molecule has 148 valence electrons. The van der Waals surface area contributed by atoms with Crippen LogP contribution in [0.15, 0.2) is 23.8 Å². The van der Waals surface area contributed by atoms with Gasteiger partial charge in [-0.3, -0.25) is 9.69 Å². The molecule has 2 rings (SSSR count). The number of carbonyl (C=O) groups excluding carboxylic acids is 1. The van der Waals surface area contributed by atoms with Gasteiger partial charge in [0.2, 0.25) is 5.91 Å². The number of rotatable bonds is 7. The van der Waals surface area contributed by atoms with Crippen molar-refractivity contribution in [3.63, 3.8) is 0 Å². The first-order valence-corrected chi connectivity index (χ1v) is 9.34. The van der Waals surface area contributed by atoms with Crippen LogP contribution in [-0.2, 0) is 9.53 Å². The Bertz CT molecular complexity index is 531. The van der Waals surface area contributed by atoms with Gasteiger partial charge in [0.05, 0.1) is 18.2 Å². The highest BCUT2D eigenvalue weighted by Crippen LogP contribution is 2.31. The molecule has 0 aromatic heterocycles. The van der Waals surface area contributed by atoms with Crippen molar-refractivity contribution >= 4 is 5.91 Å². The van der Waals surface area contributed by atoms with Crippen LogP contribution in [0.2, 0.25) is 0 Å². The molecule has 0 radical (unpaired) electrons.